The van der Waals surface area contributed by atoms with Crippen molar-refractivity contribution in [1.82, 2.24) is 5.32 Å². The third kappa shape index (κ3) is 4.32. The lowest BCUT2D eigenvalue weighted by atomic mass is 10.1. The molecule has 1 unspecified atom stereocenters. The average Bonchev–Trinajstić information content (AvgIpc) is 2.28. The standard InChI is InChI=1S/C12H17ClN2O2/c1-3-4-9(2)14-8-10-5-6-11(13)12(7-10)15(16)17/h5-7,9,14H,3-4,8H2,1-2H3. The number of nitrogens with zero attached hydrogens (tertiary/aromatic N) is 1. The van der Waals surface area contributed by atoms with Crippen molar-refractivity contribution in [1.29, 1.82) is 0 Å². The molecule has 1 aromatic rings. The van der Waals surface area contributed by atoms with Crippen LogP contribution in [0.15, 0.2) is 18.2 Å². The number of nitro benzene ring substituents is 1. The Morgan fingerprint density at radius 3 is 2.82 bits per heavy atom. The fraction of sp³-hybridized carbons (Fsp3) is 0.500. The lowest BCUT2D eigenvalue weighted by Gasteiger charge is -2.12. The van der Waals surface area contributed by atoms with Crippen molar-refractivity contribution in [2.45, 2.75) is 39.3 Å². The molecule has 1 N–H and O–H groups in total. The second-order valence-electron chi connectivity index (χ2n) is 4.11. The molecule has 0 spiro atoms. The molecule has 5 heteroatoms. The van der Waals surface area contributed by atoms with E-state index in [1.54, 1.807) is 12.1 Å². The van der Waals surface area contributed by atoms with Gasteiger partial charge in [-0.05, 0) is 25.0 Å². The van der Waals surface area contributed by atoms with Crippen LogP contribution in [0.5, 0.6) is 0 Å². The molecular weight excluding hydrogens is 240 g/mol. The van der Waals surface area contributed by atoms with Gasteiger partial charge in [0.1, 0.15) is 5.02 Å². The van der Waals surface area contributed by atoms with Crippen LogP contribution in [0.2, 0.25) is 5.02 Å². The van der Waals surface area contributed by atoms with Crippen LogP contribution in [0.3, 0.4) is 0 Å². The van der Waals surface area contributed by atoms with Crippen LogP contribution in [0.1, 0.15) is 32.3 Å². The normalized spacial score (nSPS) is 12.4. The third-order valence-electron chi connectivity index (χ3n) is 2.58. The second-order valence-corrected chi connectivity index (χ2v) is 4.52. The van der Waals surface area contributed by atoms with Crippen LogP contribution in [0.4, 0.5) is 5.69 Å². The van der Waals surface area contributed by atoms with Crippen LogP contribution in [0.25, 0.3) is 0 Å². The summed E-state index contributed by atoms with van der Waals surface area (Å²) in [6.45, 7) is 4.86. The molecule has 0 aromatic heterocycles. The van der Waals surface area contributed by atoms with Crippen molar-refractivity contribution < 1.29 is 4.92 Å². The Hall–Kier alpha value is -1.13. The van der Waals surface area contributed by atoms with Crippen molar-refractivity contribution in [2.24, 2.45) is 0 Å². The van der Waals surface area contributed by atoms with E-state index in [9.17, 15) is 10.1 Å². The minimum absolute atomic E-state index is 0.0332. The first-order valence-corrected chi connectivity index (χ1v) is 6.08. The van der Waals surface area contributed by atoms with Crippen molar-refractivity contribution in [3.8, 4) is 0 Å². The van der Waals surface area contributed by atoms with Gasteiger partial charge in [0.2, 0.25) is 0 Å². The van der Waals surface area contributed by atoms with Gasteiger partial charge in [-0.1, -0.05) is 31.0 Å². The van der Waals surface area contributed by atoms with Crippen LogP contribution >= 0.6 is 11.6 Å². The molecule has 17 heavy (non-hydrogen) atoms. The Balaban J connectivity index is 2.66. The third-order valence-corrected chi connectivity index (χ3v) is 2.90. The van der Waals surface area contributed by atoms with Crippen molar-refractivity contribution in [3.05, 3.63) is 38.9 Å². The predicted molar refractivity (Wildman–Crippen MR) is 69.3 cm³/mol. The topological polar surface area (TPSA) is 55.2 Å². The van der Waals surface area contributed by atoms with Gasteiger partial charge >= 0.3 is 0 Å². The van der Waals surface area contributed by atoms with E-state index in [0.717, 1.165) is 18.4 Å². The molecule has 0 saturated carbocycles. The smallest absolute Gasteiger partial charge is 0.288 e. The molecular formula is C12H17ClN2O2. The molecule has 1 atom stereocenters. The van der Waals surface area contributed by atoms with Crippen LogP contribution in [0, 0.1) is 10.1 Å². The molecule has 0 saturated heterocycles. The number of benzene rings is 1. The number of halogens is 1. The van der Waals surface area contributed by atoms with Gasteiger partial charge < -0.3 is 5.32 Å². The largest absolute Gasteiger partial charge is 0.310 e. The van der Waals surface area contributed by atoms with Crippen LogP contribution in [-0.4, -0.2) is 11.0 Å². The van der Waals surface area contributed by atoms with Gasteiger partial charge in [-0.25, -0.2) is 0 Å². The van der Waals surface area contributed by atoms with E-state index in [1.165, 1.54) is 6.07 Å². The molecule has 1 rings (SSSR count). The number of nitro groups is 1. The Labute approximate surface area is 106 Å². The first kappa shape index (κ1) is 13.9. The van der Waals surface area contributed by atoms with E-state index >= 15 is 0 Å². The Morgan fingerprint density at radius 1 is 1.53 bits per heavy atom. The van der Waals surface area contributed by atoms with Crippen LogP contribution < -0.4 is 5.32 Å². The SMILES string of the molecule is CCCC(C)NCc1ccc(Cl)c([N+](=O)[O-])c1. The van der Waals surface area contributed by atoms with Crippen LogP contribution in [-0.2, 0) is 6.54 Å². The van der Waals surface area contributed by atoms with Gasteiger partial charge in [-0.2, -0.15) is 0 Å². The van der Waals surface area contributed by atoms with Gasteiger partial charge in [0.25, 0.3) is 5.69 Å². The molecule has 0 heterocycles. The molecule has 94 valence electrons. The maximum atomic E-state index is 10.7. The lowest BCUT2D eigenvalue weighted by Crippen LogP contribution is -2.25. The predicted octanol–water partition coefficient (Wildman–Crippen LogP) is 3.53. The summed E-state index contributed by atoms with van der Waals surface area (Å²) in [6.07, 6.45) is 2.21. The average molecular weight is 257 g/mol. The van der Waals surface area contributed by atoms with E-state index in [4.69, 9.17) is 11.6 Å². The maximum absolute atomic E-state index is 10.7. The number of hydrogen-bond acceptors (Lipinski definition) is 3. The summed E-state index contributed by atoms with van der Waals surface area (Å²) in [5, 5.41) is 14.2. The summed E-state index contributed by atoms with van der Waals surface area (Å²) in [5.41, 5.74) is 0.846. The monoisotopic (exact) mass is 256 g/mol. The first-order valence-electron chi connectivity index (χ1n) is 5.70. The molecule has 1 aromatic carbocycles. The first-order chi connectivity index (χ1) is 8.04. The minimum atomic E-state index is -0.457. The van der Waals surface area contributed by atoms with E-state index < -0.39 is 4.92 Å². The Bertz CT molecular complexity index is 396. The summed E-state index contributed by atoms with van der Waals surface area (Å²) < 4.78 is 0. The summed E-state index contributed by atoms with van der Waals surface area (Å²) in [6, 6.07) is 5.31. The maximum Gasteiger partial charge on any atom is 0.288 e. The molecule has 0 radical (unpaired) electrons. The highest BCUT2D eigenvalue weighted by atomic mass is 35.5. The summed E-state index contributed by atoms with van der Waals surface area (Å²) in [4.78, 5) is 10.3. The van der Waals surface area contributed by atoms with E-state index in [1.807, 2.05) is 0 Å². The molecule has 0 fully saturated rings. The van der Waals surface area contributed by atoms with Gasteiger partial charge in [0.15, 0.2) is 0 Å². The summed E-state index contributed by atoms with van der Waals surface area (Å²) in [7, 11) is 0. The van der Waals surface area contributed by atoms with Gasteiger partial charge in [0, 0.05) is 18.7 Å². The molecule has 0 aliphatic heterocycles. The quantitative estimate of drug-likeness (QED) is 0.626. The van der Waals surface area contributed by atoms with E-state index in [2.05, 4.69) is 19.2 Å². The number of hydrogen-bond donors (Lipinski definition) is 1. The minimum Gasteiger partial charge on any atom is -0.310 e. The van der Waals surface area contributed by atoms with Crippen molar-refractivity contribution in [2.75, 3.05) is 0 Å². The van der Waals surface area contributed by atoms with E-state index in [0.29, 0.717) is 12.6 Å². The van der Waals surface area contributed by atoms with E-state index in [-0.39, 0.29) is 10.7 Å². The van der Waals surface area contributed by atoms with Crippen molar-refractivity contribution in [3.63, 3.8) is 0 Å². The lowest BCUT2D eigenvalue weighted by molar-refractivity contribution is -0.384. The highest BCUT2D eigenvalue weighted by Gasteiger charge is 2.12. The second kappa shape index (κ2) is 6.57. The summed E-state index contributed by atoms with van der Waals surface area (Å²) in [5.74, 6) is 0. The molecule has 0 aliphatic carbocycles. The Kier molecular flexibility index (Phi) is 5.38. The van der Waals surface area contributed by atoms with Gasteiger partial charge in [-0.15, -0.1) is 0 Å². The number of rotatable bonds is 6. The van der Waals surface area contributed by atoms with Gasteiger partial charge in [0.05, 0.1) is 4.92 Å². The molecule has 0 aliphatic rings. The Morgan fingerprint density at radius 2 is 2.24 bits per heavy atom. The highest BCUT2D eigenvalue weighted by Crippen LogP contribution is 2.24. The zero-order chi connectivity index (χ0) is 12.8. The fourth-order valence-corrected chi connectivity index (χ4v) is 1.82. The molecule has 4 nitrogen and oxygen atoms in total. The van der Waals surface area contributed by atoms with Crippen molar-refractivity contribution >= 4 is 17.3 Å². The summed E-state index contributed by atoms with van der Waals surface area (Å²) >= 11 is 5.74. The zero-order valence-corrected chi connectivity index (χ0v) is 10.8. The molecule has 0 bridgehead atoms. The zero-order valence-electron chi connectivity index (χ0n) is 10.1. The molecule has 0 amide bonds. The number of nitrogens with one attached hydrogen (secondary N) is 1. The fourth-order valence-electron chi connectivity index (χ4n) is 1.64. The van der Waals surface area contributed by atoms with Gasteiger partial charge in [-0.3, -0.25) is 10.1 Å². The highest BCUT2D eigenvalue weighted by molar-refractivity contribution is 6.32.